The van der Waals surface area contributed by atoms with Gasteiger partial charge in [0.1, 0.15) is 0 Å². The molecule has 2 rings (SSSR count). The lowest BCUT2D eigenvalue weighted by Crippen LogP contribution is -2.24. The maximum Gasteiger partial charge on any atom is 0.416 e. The first kappa shape index (κ1) is 27.2. The highest BCUT2D eigenvalue weighted by molar-refractivity contribution is 5.89. The first-order valence-electron chi connectivity index (χ1n) is 7.92. The molecule has 0 saturated heterocycles. The van der Waals surface area contributed by atoms with Gasteiger partial charge in [-0.2, -0.15) is 31.4 Å². The number of hydrogen-bond acceptors (Lipinski definition) is 4. The molecule has 168 valence electrons. The molecule has 30 heavy (non-hydrogen) atoms. The van der Waals surface area contributed by atoms with Gasteiger partial charge in [0.15, 0.2) is 0 Å². The molecular weight excluding hydrogens is 418 g/mol. The SMILES string of the molecule is C.CC(=O)N(O)c1cc(C)cc(C(F)(F)F)c1.Cc1cc(NO)cc(C(F)(F)F)c1. The summed E-state index contributed by atoms with van der Waals surface area (Å²) in [4.78, 5) is 10.8. The average molecular weight is 440 g/mol. The zero-order chi connectivity index (χ0) is 22.6. The summed E-state index contributed by atoms with van der Waals surface area (Å²) < 4.78 is 73.8. The minimum atomic E-state index is -4.50. The second kappa shape index (κ2) is 10.3. The van der Waals surface area contributed by atoms with Crippen LogP contribution in [-0.2, 0) is 17.1 Å². The summed E-state index contributed by atoms with van der Waals surface area (Å²) in [5.41, 5.74) is 0.593. The molecule has 0 heterocycles. The normalized spacial score (nSPS) is 11.0. The third-order valence-corrected chi connectivity index (χ3v) is 3.47. The molecule has 2 aromatic carbocycles. The highest BCUT2D eigenvalue weighted by atomic mass is 19.4. The van der Waals surface area contributed by atoms with Crippen LogP contribution in [0.1, 0.15) is 36.6 Å². The zero-order valence-electron chi connectivity index (χ0n) is 15.5. The molecule has 5 nitrogen and oxygen atoms in total. The number of carbonyl (C=O) groups is 1. The summed E-state index contributed by atoms with van der Waals surface area (Å²) in [7, 11) is 0. The topological polar surface area (TPSA) is 72.8 Å². The number of benzene rings is 2. The molecule has 0 aromatic heterocycles. The van der Waals surface area contributed by atoms with Crippen LogP contribution in [-0.4, -0.2) is 16.3 Å². The largest absolute Gasteiger partial charge is 0.416 e. The first-order chi connectivity index (χ1) is 13.1. The molecule has 0 aliphatic carbocycles. The van der Waals surface area contributed by atoms with Gasteiger partial charge in [0.25, 0.3) is 0 Å². The number of aryl methyl sites for hydroxylation is 2. The van der Waals surface area contributed by atoms with E-state index in [1.54, 1.807) is 5.48 Å². The highest BCUT2D eigenvalue weighted by Crippen LogP contribution is 2.33. The number of nitrogens with zero attached hydrogens (tertiary/aromatic N) is 1. The molecule has 0 bridgehead atoms. The lowest BCUT2D eigenvalue weighted by atomic mass is 10.1. The monoisotopic (exact) mass is 440 g/mol. The Bertz CT molecular complexity index is 866. The summed E-state index contributed by atoms with van der Waals surface area (Å²) in [5, 5.41) is 17.8. The lowest BCUT2D eigenvalue weighted by Gasteiger charge is -2.16. The number of hydrogen-bond donors (Lipinski definition) is 3. The fourth-order valence-electron chi connectivity index (χ4n) is 2.24. The first-order valence-corrected chi connectivity index (χ1v) is 7.92. The van der Waals surface area contributed by atoms with E-state index in [2.05, 4.69) is 0 Å². The molecule has 0 aliphatic heterocycles. The number of amides is 1. The molecule has 11 heteroatoms. The van der Waals surface area contributed by atoms with Crippen LogP contribution >= 0.6 is 0 Å². The Morgan fingerprint density at radius 1 is 0.867 bits per heavy atom. The van der Waals surface area contributed by atoms with Crippen LogP contribution in [0.5, 0.6) is 0 Å². The van der Waals surface area contributed by atoms with Gasteiger partial charge in [-0.25, -0.2) is 0 Å². The van der Waals surface area contributed by atoms with E-state index < -0.39 is 29.4 Å². The molecule has 3 N–H and O–H groups in total. The number of anilines is 2. The van der Waals surface area contributed by atoms with E-state index in [1.807, 2.05) is 0 Å². The van der Waals surface area contributed by atoms with Crippen molar-refractivity contribution >= 4 is 17.3 Å². The standard InChI is InChI=1S/C10H10F3NO2.C8H8F3NO.CH4/c1-6-3-8(10(11,12)13)5-9(4-6)14(16)7(2)15;1-5-2-6(8(9,10)11)4-7(3-5)12-13;/h3-5,16H,1-2H3;2-4,12-13H,1H3;1H4. The van der Waals surface area contributed by atoms with E-state index in [0.717, 1.165) is 25.1 Å². The minimum Gasteiger partial charge on any atom is -0.291 e. The van der Waals surface area contributed by atoms with Crippen LogP contribution in [0, 0.1) is 13.8 Å². The third-order valence-electron chi connectivity index (χ3n) is 3.47. The van der Waals surface area contributed by atoms with E-state index in [9.17, 15) is 36.3 Å². The van der Waals surface area contributed by atoms with E-state index in [4.69, 9.17) is 5.21 Å². The molecule has 2 aromatic rings. The molecule has 0 unspecified atom stereocenters. The van der Waals surface area contributed by atoms with Gasteiger partial charge in [-0.15, -0.1) is 0 Å². The number of hydroxylamine groups is 1. The third kappa shape index (κ3) is 7.91. The van der Waals surface area contributed by atoms with Crippen molar-refractivity contribution in [2.45, 2.75) is 40.6 Å². The van der Waals surface area contributed by atoms with Crippen molar-refractivity contribution in [2.75, 3.05) is 10.5 Å². The number of carbonyl (C=O) groups excluding carboxylic acids is 1. The van der Waals surface area contributed by atoms with Crippen molar-refractivity contribution in [1.82, 2.24) is 0 Å². The van der Waals surface area contributed by atoms with Gasteiger partial charge in [-0.3, -0.25) is 20.7 Å². The average Bonchev–Trinajstić information content (AvgIpc) is 2.58. The van der Waals surface area contributed by atoms with Crippen molar-refractivity contribution in [2.24, 2.45) is 0 Å². The second-order valence-electron chi connectivity index (χ2n) is 6.08. The van der Waals surface area contributed by atoms with Crippen molar-refractivity contribution in [3.05, 3.63) is 58.7 Å². The summed E-state index contributed by atoms with van der Waals surface area (Å²) in [5.74, 6) is -0.751. The predicted molar refractivity (Wildman–Crippen MR) is 99.4 cm³/mol. The van der Waals surface area contributed by atoms with Gasteiger partial charge in [-0.05, 0) is 61.4 Å². The summed E-state index contributed by atoms with van der Waals surface area (Å²) in [6.07, 6.45) is -8.88. The Morgan fingerprint density at radius 3 is 1.70 bits per heavy atom. The highest BCUT2D eigenvalue weighted by Gasteiger charge is 2.32. The smallest absolute Gasteiger partial charge is 0.291 e. The summed E-state index contributed by atoms with van der Waals surface area (Å²) in [6, 6.07) is 6.21. The lowest BCUT2D eigenvalue weighted by molar-refractivity contribution is -0.138. The number of alkyl halides is 6. The maximum absolute atomic E-state index is 12.4. The maximum atomic E-state index is 12.4. The van der Waals surface area contributed by atoms with E-state index in [-0.39, 0.29) is 23.9 Å². The van der Waals surface area contributed by atoms with Crippen LogP contribution in [0.15, 0.2) is 36.4 Å². The fraction of sp³-hybridized carbons (Fsp3) is 0.316. The fourth-order valence-corrected chi connectivity index (χ4v) is 2.24. The number of nitrogens with one attached hydrogen (secondary N) is 1. The molecule has 0 fully saturated rings. The molecule has 0 atom stereocenters. The van der Waals surface area contributed by atoms with Crippen molar-refractivity contribution in [1.29, 1.82) is 0 Å². The van der Waals surface area contributed by atoms with Crippen LogP contribution in [0.2, 0.25) is 0 Å². The van der Waals surface area contributed by atoms with Gasteiger partial charge in [0.05, 0.1) is 22.5 Å². The molecule has 0 spiro atoms. The predicted octanol–water partition coefficient (Wildman–Crippen LogP) is 6.21. The Hall–Kier alpha value is -2.79. The van der Waals surface area contributed by atoms with Gasteiger partial charge in [0.2, 0.25) is 5.91 Å². The Kier molecular flexibility index (Phi) is 9.34. The van der Waals surface area contributed by atoms with Gasteiger partial charge in [0, 0.05) is 6.92 Å². The molecule has 0 aliphatic rings. The Labute approximate surface area is 169 Å². The molecule has 0 radical (unpaired) electrons. The van der Waals surface area contributed by atoms with Crippen LogP contribution < -0.4 is 10.5 Å². The van der Waals surface area contributed by atoms with E-state index in [0.29, 0.717) is 17.2 Å². The Morgan fingerprint density at radius 2 is 1.30 bits per heavy atom. The van der Waals surface area contributed by atoms with Gasteiger partial charge in [-0.1, -0.05) is 7.43 Å². The quantitative estimate of drug-likeness (QED) is 0.295. The second-order valence-corrected chi connectivity index (χ2v) is 6.08. The van der Waals surface area contributed by atoms with Gasteiger partial charge >= 0.3 is 12.4 Å². The molecule has 1 amide bonds. The van der Waals surface area contributed by atoms with Crippen molar-refractivity contribution in [3.8, 4) is 0 Å². The van der Waals surface area contributed by atoms with Crippen LogP contribution in [0.3, 0.4) is 0 Å². The molecule has 0 saturated carbocycles. The minimum absolute atomic E-state index is 0. The number of rotatable bonds is 2. The van der Waals surface area contributed by atoms with E-state index in [1.165, 1.54) is 26.0 Å². The van der Waals surface area contributed by atoms with E-state index >= 15 is 0 Å². The summed E-state index contributed by atoms with van der Waals surface area (Å²) in [6.45, 7) is 4.03. The van der Waals surface area contributed by atoms with Crippen molar-refractivity contribution in [3.63, 3.8) is 0 Å². The zero-order valence-corrected chi connectivity index (χ0v) is 15.5. The van der Waals surface area contributed by atoms with Crippen molar-refractivity contribution < 1.29 is 41.6 Å². The Balaban J connectivity index is 0.000000553. The number of halogens is 6. The summed E-state index contributed by atoms with van der Waals surface area (Å²) >= 11 is 0. The molecular formula is C19H22F6N2O3. The van der Waals surface area contributed by atoms with Crippen LogP contribution in [0.4, 0.5) is 37.7 Å². The van der Waals surface area contributed by atoms with Crippen LogP contribution in [0.25, 0.3) is 0 Å². The van der Waals surface area contributed by atoms with Gasteiger partial charge < -0.3 is 0 Å².